The summed E-state index contributed by atoms with van der Waals surface area (Å²) in [5.74, 6) is 1.09. The number of carbonyl (C=O) groups excluding carboxylic acids is 1. The number of anilines is 1. The van der Waals surface area contributed by atoms with Gasteiger partial charge in [-0.1, -0.05) is 19.3 Å². The maximum atomic E-state index is 12.4. The summed E-state index contributed by atoms with van der Waals surface area (Å²) in [6.07, 6.45) is 5.32. The zero-order valence-corrected chi connectivity index (χ0v) is 14.5. The van der Waals surface area contributed by atoms with E-state index in [0.29, 0.717) is 11.2 Å². The maximum Gasteiger partial charge on any atom is 0.251 e. The van der Waals surface area contributed by atoms with Gasteiger partial charge in [-0.05, 0) is 31.0 Å². The Kier molecular flexibility index (Phi) is 3.99. The number of rotatable bonds is 3. The van der Waals surface area contributed by atoms with Crippen LogP contribution in [-0.2, 0) is 11.8 Å². The van der Waals surface area contributed by atoms with Gasteiger partial charge in [0, 0.05) is 18.4 Å². The molecule has 2 heterocycles. The van der Waals surface area contributed by atoms with Gasteiger partial charge < -0.3 is 9.30 Å². The standard InChI is InChI=1S/C18H21N5O2/c1-23-14-9-8-12(25-2)10-13(14)15-16(23)19-18(22-21-15)20-17(24)11-6-4-3-5-7-11/h8-11H,3-7H2,1-2H3,(H,19,20,22,24). The fourth-order valence-electron chi connectivity index (χ4n) is 3.59. The molecule has 4 rings (SSSR count). The number of nitrogens with one attached hydrogen (secondary N) is 1. The summed E-state index contributed by atoms with van der Waals surface area (Å²) in [5, 5.41) is 12.2. The summed E-state index contributed by atoms with van der Waals surface area (Å²) in [6.45, 7) is 0. The van der Waals surface area contributed by atoms with Crippen LogP contribution < -0.4 is 10.1 Å². The molecule has 1 fully saturated rings. The molecule has 1 aromatic carbocycles. The van der Waals surface area contributed by atoms with Crippen LogP contribution in [0.4, 0.5) is 5.95 Å². The van der Waals surface area contributed by atoms with E-state index in [0.717, 1.165) is 42.3 Å². The lowest BCUT2D eigenvalue weighted by Gasteiger charge is -2.19. The van der Waals surface area contributed by atoms with Crippen LogP contribution in [0.25, 0.3) is 22.1 Å². The molecule has 1 amide bonds. The third kappa shape index (κ3) is 2.79. The van der Waals surface area contributed by atoms with Crippen LogP contribution in [0.3, 0.4) is 0 Å². The lowest BCUT2D eigenvalue weighted by atomic mass is 9.89. The average Bonchev–Trinajstić information content (AvgIpc) is 2.94. The number of amides is 1. The molecule has 0 saturated heterocycles. The van der Waals surface area contributed by atoms with Crippen LogP contribution >= 0.6 is 0 Å². The van der Waals surface area contributed by atoms with Gasteiger partial charge in [-0.15, -0.1) is 10.2 Å². The summed E-state index contributed by atoms with van der Waals surface area (Å²) in [5.41, 5.74) is 2.39. The number of hydrogen-bond donors (Lipinski definition) is 1. The van der Waals surface area contributed by atoms with Crippen molar-refractivity contribution in [2.45, 2.75) is 32.1 Å². The molecule has 1 N–H and O–H groups in total. The molecule has 0 unspecified atom stereocenters. The second-order valence-electron chi connectivity index (χ2n) is 6.57. The maximum absolute atomic E-state index is 12.4. The fourth-order valence-corrected chi connectivity index (χ4v) is 3.59. The van der Waals surface area contributed by atoms with Crippen LogP contribution in [0.1, 0.15) is 32.1 Å². The van der Waals surface area contributed by atoms with Crippen molar-refractivity contribution in [2.24, 2.45) is 13.0 Å². The van der Waals surface area contributed by atoms with E-state index in [1.807, 2.05) is 29.8 Å². The molecule has 3 aromatic rings. The number of ether oxygens (including phenoxy) is 1. The monoisotopic (exact) mass is 339 g/mol. The first-order valence-corrected chi connectivity index (χ1v) is 8.65. The number of hydrogen-bond acceptors (Lipinski definition) is 5. The van der Waals surface area contributed by atoms with E-state index in [9.17, 15) is 4.79 Å². The van der Waals surface area contributed by atoms with Gasteiger partial charge in [0.05, 0.1) is 12.6 Å². The van der Waals surface area contributed by atoms with E-state index >= 15 is 0 Å². The molecule has 0 radical (unpaired) electrons. The first-order chi connectivity index (χ1) is 12.2. The third-order valence-electron chi connectivity index (χ3n) is 5.02. The van der Waals surface area contributed by atoms with E-state index in [-0.39, 0.29) is 17.8 Å². The summed E-state index contributed by atoms with van der Waals surface area (Å²) in [4.78, 5) is 16.9. The molecule has 1 aliphatic rings. The summed E-state index contributed by atoms with van der Waals surface area (Å²) in [7, 11) is 3.56. The average molecular weight is 339 g/mol. The second kappa shape index (κ2) is 6.31. The molecule has 1 saturated carbocycles. The Morgan fingerprint density at radius 3 is 2.80 bits per heavy atom. The van der Waals surface area contributed by atoms with Gasteiger partial charge in [0.25, 0.3) is 5.95 Å². The molecule has 0 spiro atoms. The van der Waals surface area contributed by atoms with Gasteiger partial charge >= 0.3 is 0 Å². The van der Waals surface area contributed by atoms with Gasteiger partial charge in [-0.2, -0.15) is 4.98 Å². The molecule has 0 atom stereocenters. The predicted molar refractivity (Wildman–Crippen MR) is 95.6 cm³/mol. The number of aromatic nitrogens is 4. The largest absolute Gasteiger partial charge is 0.497 e. The molecule has 1 aliphatic carbocycles. The number of methoxy groups -OCH3 is 1. The molecule has 25 heavy (non-hydrogen) atoms. The minimum atomic E-state index is 0.00119. The minimum absolute atomic E-state index is 0.00119. The highest BCUT2D eigenvalue weighted by molar-refractivity contribution is 6.05. The van der Waals surface area contributed by atoms with Crippen molar-refractivity contribution in [3.05, 3.63) is 18.2 Å². The quantitative estimate of drug-likeness (QED) is 0.793. The molecule has 7 nitrogen and oxygen atoms in total. The predicted octanol–water partition coefficient (Wildman–Crippen LogP) is 3.04. The van der Waals surface area contributed by atoms with E-state index < -0.39 is 0 Å². The summed E-state index contributed by atoms with van der Waals surface area (Å²) < 4.78 is 7.24. The number of aryl methyl sites for hydroxylation is 1. The number of fused-ring (bicyclic) bond motifs is 3. The van der Waals surface area contributed by atoms with Crippen LogP contribution in [0, 0.1) is 5.92 Å². The van der Waals surface area contributed by atoms with Crippen molar-refractivity contribution in [1.29, 1.82) is 0 Å². The van der Waals surface area contributed by atoms with Crippen molar-refractivity contribution in [3.8, 4) is 5.75 Å². The van der Waals surface area contributed by atoms with Gasteiger partial charge in [0.1, 0.15) is 11.3 Å². The molecular formula is C18H21N5O2. The highest BCUT2D eigenvalue weighted by atomic mass is 16.5. The minimum Gasteiger partial charge on any atom is -0.497 e. The Hall–Kier alpha value is -2.70. The highest BCUT2D eigenvalue weighted by Crippen LogP contribution is 2.29. The molecule has 0 bridgehead atoms. The molecule has 7 heteroatoms. The van der Waals surface area contributed by atoms with Crippen LogP contribution in [0.2, 0.25) is 0 Å². The van der Waals surface area contributed by atoms with Crippen molar-refractivity contribution in [3.63, 3.8) is 0 Å². The van der Waals surface area contributed by atoms with Crippen LogP contribution in [0.5, 0.6) is 5.75 Å². The fraction of sp³-hybridized carbons (Fsp3) is 0.444. The Labute approximate surface area is 145 Å². The summed E-state index contributed by atoms with van der Waals surface area (Å²) in [6, 6.07) is 5.80. The van der Waals surface area contributed by atoms with Crippen LogP contribution in [0.15, 0.2) is 18.2 Å². The van der Waals surface area contributed by atoms with Crippen molar-refractivity contribution < 1.29 is 9.53 Å². The normalized spacial score (nSPS) is 15.6. The van der Waals surface area contributed by atoms with E-state index in [1.165, 1.54) is 6.42 Å². The van der Waals surface area contributed by atoms with Gasteiger partial charge in [-0.25, -0.2) is 0 Å². The zero-order valence-electron chi connectivity index (χ0n) is 14.5. The Morgan fingerprint density at radius 1 is 1.24 bits per heavy atom. The molecular weight excluding hydrogens is 318 g/mol. The van der Waals surface area contributed by atoms with Crippen molar-refractivity contribution in [2.75, 3.05) is 12.4 Å². The SMILES string of the molecule is COc1ccc2c(c1)c1nnc(NC(=O)C3CCCCC3)nc1n2C. The van der Waals surface area contributed by atoms with Gasteiger partial charge in [-0.3, -0.25) is 10.1 Å². The van der Waals surface area contributed by atoms with E-state index in [1.54, 1.807) is 7.11 Å². The Balaban J connectivity index is 1.69. The molecule has 2 aromatic heterocycles. The first-order valence-electron chi connectivity index (χ1n) is 8.65. The molecule has 130 valence electrons. The lowest BCUT2D eigenvalue weighted by Crippen LogP contribution is -2.25. The smallest absolute Gasteiger partial charge is 0.251 e. The van der Waals surface area contributed by atoms with E-state index in [4.69, 9.17) is 4.74 Å². The Bertz CT molecular complexity index is 943. The van der Waals surface area contributed by atoms with Gasteiger partial charge in [0.2, 0.25) is 5.91 Å². The van der Waals surface area contributed by atoms with Crippen molar-refractivity contribution in [1.82, 2.24) is 19.7 Å². The van der Waals surface area contributed by atoms with E-state index in [2.05, 4.69) is 20.5 Å². The second-order valence-corrected chi connectivity index (χ2v) is 6.57. The topological polar surface area (TPSA) is 81.9 Å². The first kappa shape index (κ1) is 15.8. The number of nitrogens with zero attached hydrogens (tertiary/aromatic N) is 4. The zero-order chi connectivity index (χ0) is 17.4. The van der Waals surface area contributed by atoms with Gasteiger partial charge in [0.15, 0.2) is 5.65 Å². The highest BCUT2D eigenvalue weighted by Gasteiger charge is 2.22. The number of benzene rings is 1. The number of carbonyl (C=O) groups is 1. The third-order valence-corrected chi connectivity index (χ3v) is 5.02. The summed E-state index contributed by atoms with van der Waals surface area (Å²) >= 11 is 0. The van der Waals surface area contributed by atoms with Crippen molar-refractivity contribution >= 4 is 33.9 Å². The van der Waals surface area contributed by atoms with Crippen LogP contribution in [-0.4, -0.2) is 32.8 Å². The molecule has 0 aliphatic heterocycles. The Morgan fingerprint density at radius 2 is 2.04 bits per heavy atom. The lowest BCUT2D eigenvalue weighted by molar-refractivity contribution is -0.120.